The normalized spacial score (nSPS) is 20.5. The first-order valence-corrected chi connectivity index (χ1v) is 8.57. The minimum atomic E-state index is -0.309. The van der Waals surface area contributed by atoms with Gasteiger partial charge in [-0.15, -0.1) is 0 Å². The van der Waals surface area contributed by atoms with E-state index in [0.29, 0.717) is 49.5 Å². The number of hydrogen-bond donors (Lipinski definition) is 1. The lowest BCUT2D eigenvalue weighted by Crippen LogP contribution is -2.42. The molecule has 2 aromatic heterocycles. The molecule has 8 nitrogen and oxygen atoms in total. The predicted molar refractivity (Wildman–Crippen MR) is 88.2 cm³/mol. The molecular weight excluding hydrogens is 322 g/mol. The number of pyridine rings is 1. The van der Waals surface area contributed by atoms with Crippen molar-refractivity contribution in [1.82, 2.24) is 25.1 Å². The Morgan fingerprint density at radius 1 is 1.44 bits per heavy atom. The van der Waals surface area contributed by atoms with E-state index >= 15 is 0 Å². The van der Waals surface area contributed by atoms with Crippen LogP contribution in [0.4, 0.5) is 0 Å². The molecule has 25 heavy (non-hydrogen) atoms. The van der Waals surface area contributed by atoms with E-state index in [9.17, 15) is 4.79 Å². The third-order valence-corrected chi connectivity index (χ3v) is 4.40. The Morgan fingerprint density at radius 2 is 2.32 bits per heavy atom. The molecule has 1 aliphatic carbocycles. The molecule has 1 amide bonds. The highest BCUT2D eigenvalue weighted by Gasteiger charge is 2.28. The van der Waals surface area contributed by atoms with Crippen LogP contribution in [-0.2, 0) is 4.74 Å². The number of hydrogen-bond acceptors (Lipinski definition) is 6. The summed E-state index contributed by atoms with van der Waals surface area (Å²) in [6.07, 6.45) is 3.74. The van der Waals surface area contributed by atoms with Gasteiger partial charge in [0.2, 0.25) is 5.88 Å². The van der Waals surface area contributed by atoms with Crippen LogP contribution in [0.5, 0.6) is 5.88 Å². The number of rotatable bonds is 5. The lowest BCUT2D eigenvalue weighted by Gasteiger charge is -2.31. The third kappa shape index (κ3) is 3.79. The first kappa shape index (κ1) is 16.0. The van der Waals surface area contributed by atoms with Gasteiger partial charge in [0, 0.05) is 18.8 Å². The van der Waals surface area contributed by atoms with Gasteiger partial charge in [0.25, 0.3) is 5.91 Å². The van der Waals surface area contributed by atoms with Crippen LogP contribution in [0.2, 0.25) is 0 Å². The Labute approximate surface area is 145 Å². The van der Waals surface area contributed by atoms with E-state index in [1.807, 2.05) is 6.92 Å². The van der Waals surface area contributed by atoms with Crippen LogP contribution in [0.1, 0.15) is 41.0 Å². The number of H-pyrrole nitrogens is 1. The van der Waals surface area contributed by atoms with Crippen LogP contribution >= 0.6 is 0 Å². The van der Waals surface area contributed by atoms with Crippen molar-refractivity contribution < 1.29 is 14.3 Å². The number of ether oxygens (including phenoxy) is 2. The van der Waals surface area contributed by atoms with Crippen LogP contribution in [0.25, 0.3) is 0 Å². The fraction of sp³-hybridized carbons (Fsp3) is 0.529. The summed E-state index contributed by atoms with van der Waals surface area (Å²) in [5, 5.41) is 6.93. The maximum atomic E-state index is 12.7. The van der Waals surface area contributed by atoms with Crippen LogP contribution in [-0.4, -0.2) is 57.3 Å². The fourth-order valence-electron chi connectivity index (χ4n) is 2.76. The van der Waals surface area contributed by atoms with Gasteiger partial charge in [-0.05, 0) is 31.7 Å². The van der Waals surface area contributed by atoms with Gasteiger partial charge < -0.3 is 14.4 Å². The molecule has 0 unspecified atom stereocenters. The highest BCUT2D eigenvalue weighted by molar-refractivity contribution is 5.94. The lowest BCUT2D eigenvalue weighted by atomic mass is 10.2. The number of nitrogens with zero attached hydrogens (tertiary/aromatic N) is 4. The standard InChI is InChI=1S/C17H21N5O3/c1-11-19-16(21-20-11)14-9-22(6-7-24-14)17(23)13-4-5-15(18-8-13)25-10-12-2-3-12/h4-5,8,12,14H,2-3,6-7,9-10H2,1H3,(H,19,20,21)/t14-/m0/s1. The Hall–Kier alpha value is -2.48. The van der Waals surface area contributed by atoms with Crippen molar-refractivity contribution in [3.8, 4) is 5.88 Å². The first-order valence-electron chi connectivity index (χ1n) is 8.57. The third-order valence-electron chi connectivity index (χ3n) is 4.40. The molecule has 1 aliphatic heterocycles. The highest BCUT2D eigenvalue weighted by atomic mass is 16.5. The average Bonchev–Trinajstić information content (AvgIpc) is 3.39. The molecule has 8 heteroatoms. The molecule has 0 spiro atoms. The van der Waals surface area contributed by atoms with Gasteiger partial charge in [0.05, 0.1) is 25.3 Å². The van der Waals surface area contributed by atoms with Crippen molar-refractivity contribution in [1.29, 1.82) is 0 Å². The van der Waals surface area contributed by atoms with Crippen molar-refractivity contribution in [2.75, 3.05) is 26.3 Å². The molecule has 132 valence electrons. The molecular formula is C17H21N5O3. The second kappa shape index (κ2) is 6.79. The van der Waals surface area contributed by atoms with E-state index in [4.69, 9.17) is 9.47 Å². The Kier molecular flexibility index (Phi) is 4.35. The molecule has 1 atom stereocenters. The zero-order valence-corrected chi connectivity index (χ0v) is 14.1. The molecule has 2 aromatic rings. The summed E-state index contributed by atoms with van der Waals surface area (Å²) in [6, 6.07) is 3.52. The molecule has 4 rings (SSSR count). The van der Waals surface area contributed by atoms with Crippen molar-refractivity contribution in [2.45, 2.75) is 25.9 Å². The minimum absolute atomic E-state index is 0.0678. The zero-order valence-electron chi connectivity index (χ0n) is 14.1. The molecule has 1 N–H and O–H groups in total. The summed E-state index contributed by atoms with van der Waals surface area (Å²) in [5.74, 6) is 2.49. The summed E-state index contributed by atoms with van der Waals surface area (Å²) in [6.45, 7) is 3.97. The van der Waals surface area contributed by atoms with E-state index in [2.05, 4.69) is 20.2 Å². The largest absolute Gasteiger partial charge is 0.477 e. The Bertz CT molecular complexity index is 741. The van der Waals surface area contributed by atoms with Gasteiger partial charge in [-0.2, -0.15) is 5.10 Å². The van der Waals surface area contributed by atoms with Gasteiger partial charge in [0.15, 0.2) is 5.82 Å². The maximum Gasteiger partial charge on any atom is 0.255 e. The van der Waals surface area contributed by atoms with E-state index in [1.165, 1.54) is 12.8 Å². The van der Waals surface area contributed by atoms with Crippen LogP contribution in [0.3, 0.4) is 0 Å². The first-order chi connectivity index (χ1) is 12.2. The molecule has 0 radical (unpaired) electrons. The summed E-state index contributed by atoms with van der Waals surface area (Å²) >= 11 is 0. The second-order valence-electron chi connectivity index (χ2n) is 6.53. The Morgan fingerprint density at radius 3 is 3.00 bits per heavy atom. The van der Waals surface area contributed by atoms with Crippen LogP contribution in [0.15, 0.2) is 18.3 Å². The monoisotopic (exact) mass is 343 g/mol. The smallest absolute Gasteiger partial charge is 0.255 e. The van der Waals surface area contributed by atoms with Crippen molar-refractivity contribution >= 4 is 5.91 Å². The average molecular weight is 343 g/mol. The number of nitrogens with one attached hydrogen (secondary N) is 1. The fourth-order valence-corrected chi connectivity index (χ4v) is 2.76. The van der Waals surface area contributed by atoms with Crippen molar-refractivity contribution in [3.63, 3.8) is 0 Å². The van der Waals surface area contributed by atoms with Gasteiger partial charge in [0.1, 0.15) is 11.9 Å². The van der Waals surface area contributed by atoms with E-state index in [1.54, 1.807) is 23.2 Å². The predicted octanol–water partition coefficient (Wildman–Crippen LogP) is 1.51. The van der Waals surface area contributed by atoms with Gasteiger partial charge in [-0.1, -0.05) is 0 Å². The number of aromatic nitrogens is 4. The van der Waals surface area contributed by atoms with Crippen molar-refractivity contribution in [2.24, 2.45) is 5.92 Å². The highest BCUT2D eigenvalue weighted by Crippen LogP contribution is 2.29. The molecule has 2 fully saturated rings. The molecule has 0 bridgehead atoms. The Balaban J connectivity index is 1.39. The topological polar surface area (TPSA) is 93.2 Å². The minimum Gasteiger partial charge on any atom is -0.477 e. The second-order valence-corrected chi connectivity index (χ2v) is 6.53. The summed E-state index contributed by atoms with van der Waals surface area (Å²) < 4.78 is 11.3. The van der Waals surface area contributed by atoms with E-state index < -0.39 is 0 Å². The quantitative estimate of drug-likeness (QED) is 0.884. The molecule has 1 saturated heterocycles. The SMILES string of the molecule is Cc1nc([C@@H]2CN(C(=O)c3ccc(OCC4CC4)nc3)CCO2)n[nH]1. The number of aromatic amines is 1. The number of carbonyl (C=O) groups is 1. The van der Waals surface area contributed by atoms with E-state index in [0.717, 1.165) is 5.82 Å². The number of aryl methyl sites for hydroxylation is 1. The van der Waals surface area contributed by atoms with E-state index in [-0.39, 0.29) is 12.0 Å². The maximum absolute atomic E-state index is 12.7. The van der Waals surface area contributed by atoms with Crippen molar-refractivity contribution in [3.05, 3.63) is 35.5 Å². The number of morpholine rings is 1. The molecule has 3 heterocycles. The molecule has 2 aliphatic rings. The molecule has 0 aromatic carbocycles. The van der Waals surface area contributed by atoms with Gasteiger partial charge in [-0.3, -0.25) is 9.89 Å². The number of amides is 1. The summed E-state index contributed by atoms with van der Waals surface area (Å²) in [5.41, 5.74) is 0.547. The number of carbonyl (C=O) groups excluding carboxylic acids is 1. The zero-order chi connectivity index (χ0) is 17.2. The summed E-state index contributed by atoms with van der Waals surface area (Å²) in [7, 11) is 0. The van der Waals surface area contributed by atoms with Crippen LogP contribution in [0, 0.1) is 12.8 Å². The molecule has 1 saturated carbocycles. The van der Waals surface area contributed by atoms with Gasteiger partial charge >= 0.3 is 0 Å². The lowest BCUT2D eigenvalue weighted by molar-refractivity contribution is -0.0266. The van der Waals surface area contributed by atoms with Gasteiger partial charge in [-0.25, -0.2) is 9.97 Å². The summed E-state index contributed by atoms with van der Waals surface area (Å²) in [4.78, 5) is 23.0. The van der Waals surface area contributed by atoms with Crippen LogP contribution < -0.4 is 4.74 Å².